The van der Waals surface area contributed by atoms with Crippen molar-refractivity contribution in [2.75, 3.05) is 5.32 Å². The monoisotopic (exact) mass is 304 g/mol. The van der Waals surface area contributed by atoms with Crippen LogP contribution in [0.25, 0.3) is 0 Å². The Morgan fingerprint density at radius 2 is 2.12 bits per heavy atom. The number of carbonyl (C=O) groups excluding carboxylic acids is 1. The highest BCUT2D eigenvalue weighted by molar-refractivity contribution is 9.10. The first-order valence-electron chi connectivity index (χ1n) is 4.66. The number of benzene rings is 1. The molecule has 0 aliphatic carbocycles. The number of nitrogens with one attached hydrogen (secondary N) is 1. The van der Waals surface area contributed by atoms with E-state index in [9.17, 15) is 19.3 Å². The van der Waals surface area contributed by atoms with E-state index in [2.05, 4.69) is 21.2 Å². The average molecular weight is 305 g/mol. The third kappa shape index (κ3) is 3.48. The molecule has 1 N–H and O–H groups in total. The number of halogens is 2. The molecule has 1 aromatic rings. The van der Waals surface area contributed by atoms with Crippen molar-refractivity contribution in [2.45, 2.75) is 18.2 Å². The summed E-state index contributed by atoms with van der Waals surface area (Å²) < 4.78 is 12.4. The number of alkyl halides is 1. The molecule has 0 radical (unpaired) electrons. The number of nitro groups is 1. The highest BCUT2D eigenvalue weighted by Crippen LogP contribution is 2.23. The van der Waals surface area contributed by atoms with E-state index in [0.717, 1.165) is 12.1 Å². The number of nitro benzene ring substituents is 1. The van der Waals surface area contributed by atoms with E-state index in [0.29, 0.717) is 0 Å². The van der Waals surface area contributed by atoms with Crippen molar-refractivity contribution in [1.29, 1.82) is 0 Å². The Morgan fingerprint density at radius 3 is 2.53 bits per heavy atom. The standard InChI is InChI=1S/C10H10BrFN2O3/c1-10(2,11)9(15)13-6-3-4-8(14(16)17)7(12)5-6/h3-5H,1-2H3,(H,13,15). The minimum atomic E-state index is -0.986. The van der Waals surface area contributed by atoms with Gasteiger partial charge in [0.2, 0.25) is 11.7 Å². The maximum Gasteiger partial charge on any atom is 0.304 e. The smallest absolute Gasteiger partial charge is 0.304 e. The minimum absolute atomic E-state index is 0.172. The van der Waals surface area contributed by atoms with E-state index in [1.54, 1.807) is 13.8 Å². The second-order valence-corrected chi connectivity index (χ2v) is 5.83. The van der Waals surface area contributed by atoms with E-state index in [-0.39, 0.29) is 11.6 Å². The molecular weight excluding hydrogens is 295 g/mol. The number of hydrogen-bond donors (Lipinski definition) is 1. The van der Waals surface area contributed by atoms with Gasteiger partial charge in [-0.3, -0.25) is 14.9 Å². The third-order valence-corrected chi connectivity index (χ3v) is 2.30. The van der Waals surface area contributed by atoms with E-state index in [1.807, 2.05) is 0 Å². The molecule has 0 aliphatic heterocycles. The third-order valence-electron chi connectivity index (χ3n) is 1.94. The van der Waals surface area contributed by atoms with E-state index >= 15 is 0 Å². The Balaban J connectivity index is 2.92. The van der Waals surface area contributed by atoms with Crippen molar-refractivity contribution in [1.82, 2.24) is 0 Å². The van der Waals surface area contributed by atoms with Crippen molar-refractivity contribution in [3.8, 4) is 0 Å². The van der Waals surface area contributed by atoms with Crippen LogP contribution in [0.5, 0.6) is 0 Å². The Labute approximate surface area is 105 Å². The van der Waals surface area contributed by atoms with Crippen LogP contribution in [0.4, 0.5) is 15.8 Å². The molecular formula is C10H10BrFN2O3. The van der Waals surface area contributed by atoms with Crippen LogP contribution in [0.2, 0.25) is 0 Å². The molecule has 0 saturated carbocycles. The molecule has 1 amide bonds. The second-order valence-electron chi connectivity index (χ2n) is 3.85. The molecule has 0 unspecified atom stereocenters. The molecule has 0 heterocycles. The van der Waals surface area contributed by atoms with Crippen molar-refractivity contribution in [3.05, 3.63) is 34.1 Å². The SMILES string of the molecule is CC(C)(Br)C(=O)Nc1ccc([N+](=O)[O-])c(F)c1. The van der Waals surface area contributed by atoms with Crippen molar-refractivity contribution >= 4 is 33.2 Å². The molecule has 7 heteroatoms. The predicted octanol–water partition coefficient (Wildman–Crippen LogP) is 2.85. The first-order valence-corrected chi connectivity index (χ1v) is 5.45. The van der Waals surface area contributed by atoms with Gasteiger partial charge in [-0.1, -0.05) is 15.9 Å². The lowest BCUT2D eigenvalue weighted by atomic mass is 10.2. The van der Waals surface area contributed by atoms with Crippen LogP contribution in [-0.2, 0) is 4.79 Å². The average Bonchev–Trinajstić information content (AvgIpc) is 2.15. The van der Waals surface area contributed by atoms with Gasteiger partial charge in [0.15, 0.2) is 0 Å². The van der Waals surface area contributed by atoms with Crippen LogP contribution in [-0.4, -0.2) is 15.2 Å². The number of nitrogens with zero attached hydrogens (tertiary/aromatic N) is 1. The van der Waals surface area contributed by atoms with Gasteiger partial charge in [-0.25, -0.2) is 0 Å². The van der Waals surface area contributed by atoms with Crippen molar-refractivity contribution < 1.29 is 14.1 Å². The number of carbonyl (C=O) groups is 1. The first-order chi connectivity index (χ1) is 7.71. The topological polar surface area (TPSA) is 72.2 Å². The molecule has 92 valence electrons. The number of rotatable bonds is 3. The first kappa shape index (κ1) is 13.6. The fourth-order valence-corrected chi connectivity index (χ4v) is 1.11. The lowest BCUT2D eigenvalue weighted by molar-refractivity contribution is -0.387. The summed E-state index contributed by atoms with van der Waals surface area (Å²) in [5.41, 5.74) is -0.452. The van der Waals surface area contributed by atoms with Crippen molar-refractivity contribution in [3.63, 3.8) is 0 Å². The van der Waals surface area contributed by atoms with Crippen LogP contribution in [0, 0.1) is 15.9 Å². The fourth-order valence-electron chi connectivity index (χ4n) is 1.01. The Hall–Kier alpha value is -1.50. The highest BCUT2D eigenvalue weighted by Gasteiger charge is 2.24. The van der Waals surface area contributed by atoms with Gasteiger partial charge in [0.05, 0.1) is 9.25 Å². The summed E-state index contributed by atoms with van der Waals surface area (Å²) in [6.07, 6.45) is 0. The fraction of sp³-hybridized carbons (Fsp3) is 0.300. The Morgan fingerprint density at radius 1 is 1.53 bits per heavy atom. The van der Waals surface area contributed by atoms with Gasteiger partial charge in [-0.05, 0) is 19.9 Å². The maximum atomic E-state index is 13.2. The molecule has 0 aliphatic rings. The lowest BCUT2D eigenvalue weighted by Crippen LogP contribution is -2.30. The van der Waals surface area contributed by atoms with Crippen LogP contribution >= 0.6 is 15.9 Å². The highest BCUT2D eigenvalue weighted by atomic mass is 79.9. The molecule has 0 saturated heterocycles. The summed E-state index contributed by atoms with van der Waals surface area (Å²) in [4.78, 5) is 21.1. The predicted molar refractivity (Wildman–Crippen MR) is 64.7 cm³/mol. The zero-order valence-corrected chi connectivity index (χ0v) is 10.7. The summed E-state index contributed by atoms with van der Waals surface area (Å²) in [5, 5.41) is 12.8. The molecule has 1 rings (SSSR count). The Kier molecular flexibility index (Phi) is 3.82. The van der Waals surface area contributed by atoms with Gasteiger partial charge in [0, 0.05) is 17.8 Å². The normalized spacial score (nSPS) is 11.1. The number of hydrogen-bond acceptors (Lipinski definition) is 3. The van der Waals surface area contributed by atoms with Gasteiger partial charge in [-0.2, -0.15) is 4.39 Å². The van der Waals surface area contributed by atoms with Crippen LogP contribution in [0.15, 0.2) is 18.2 Å². The molecule has 17 heavy (non-hydrogen) atoms. The van der Waals surface area contributed by atoms with E-state index in [4.69, 9.17) is 0 Å². The maximum absolute atomic E-state index is 13.2. The molecule has 0 bridgehead atoms. The van der Waals surface area contributed by atoms with Gasteiger partial charge < -0.3 is 5.32 Å². The molecule has 0 fully saturated rings. The van der Waals surface area contributed by atoms with Gasteiger partial charge >= 0.3 is 5.69 Å². The number of anilines is 1. The largest absolute Gasteiger partial charge is 0.325 e. The van der Waals surface area contributed by atoms with Crippen LogP contribution in [0.1, 0.15) is 13.8 Å². The molecule has 0 atom stereocenters. The summed E-state index contributed by atoms with van der Waals surface area (Å²) in [6.45, 7) is 3.26. The zero-order chi connectivity index (χ0) is 13.2. The molecule has 0 spiro atoms. The van der Waals surface area contributed by atoms with Crippen molar-refractivity contribution in [2.24, 2.45) is 0 Å². The summed E-state index contributed by atoms with van der Waals surface area (Å²) in [5.74, 6) is -1.36. The van der Waals surface area contributed by atoms with Gasteiger partial charge in [0.1, 0.15) is 0 Å². The minimum Gasteiger partial charge on any atom is -0.325 e. The summed E-state index contributed by atoms with van der Waals surface area (Å²) in [6, 6.07) is 3.19. The van der Waals surface area contributed by atoms with E-state index in [1.165, 1.54) is 6.07 Å². The van der Waals surface area contributed by atoms with Gasteiger partial charge in [0.25, 0.3) is 0 Å². The summed E-state index contributed by atoms with van der Waals surface area (Å²) >= 11 is 3.14. The molecule has 1 aromatic carbocycles. The molecule has 5 nitrogen and oxygen atoms in total. The second kappa shape index (κ2) is 4.79. The van der Waals surface area contributed by atoms with Crippen LogP contribution in [0.3, 0.4) is 0 Å². The quantitative estimate of drug-likeness (QED) is 0.530. The molecule has 0 aromatic heterocycles. The zero-order valence-electron chi connectivity index (χ0n) is 9.16. The number of amides is 1. The Bertz CT molecular complexity index is 471. The summed E-state index contributed by atoms with van der Waals surface area (Å²) in [7, 11) is 0. The lowest BCUT2D eigenvalue weighted by Gasteiger charge is -2.15. The van der Waals surface area contributed by atoms with Gasteiger partial charge in [-0.15, -0.1) is 0 Å². The van der Waals surface area contributed by atoms with Crippen LogP contribution < -0.4 is 5.32 Å². The van der Waals surface area contributed by atoms with E-state index < -0.39 is 20.8 Å².